The highest BCUT2D eigenvalue weighted by molar-refractivity contribution is 7.81. The van der Waals surface area contributed by atoms with Crippen molar-refractivity contribution in [2.75, 3.05) is 26.4 Å². The molecule has 1 amide bonds. The molecule has 0 unspecified atom stereocenters. The molecule has 5 saturated heterocycles. The van der Waals surface area contributed by atoms with Crippen LogP contribution in [0, 0.1) is 0 Å². The van der Waals surface area contributed by atoms with Crippen LogP contribution in [0.5, 0.6) is 0 Å². The first-order valence-corrected chi connectivity index (χ1v) is 25.3. The lowest BCUT2D eigenvalue weighted by atomic mass is 9.94. The monoisotopic (exact) mass is 1190 g/mol. The molecule has 41 heteroatoms. The highest BCUT2D eigenvalue weighted by atomic mass is 32.3. The number of hydrogen-bond acceptors (Lipinski definition) is 34. The number of carboxylic acids is 2. The SMILES string of the molecule is CC(=O)N[C@H]1[C@H](O[C@H]2[C@H](O)[C@@H](O)[C@H](O[C@@H]3[C@@H](O)[C@H](O[C@H]4[C@@H](O)[C@@H](CO)O[C@@H](O[C@@H]5CO[C@@H](O)[C@H](O)[C@H]5O)[C@@H]4O)O[C@H](CO)[C@@H]3OS(=O)(=O)O)O[C@@H]2C(=O)O)O[C@H](CO)[C@H](OS(=O)(=O)O)[C@@H]1O[C@@H]1OC(C(=O)O)=C(O)[C@H](O)[C@H]1O. The molecule has 39 nitrogen and oxygen atoms in total. The fourth-order valence-electron chi connectivity index (χ4n) is 8.81. The fourth-order valence-corrected chi connectivity index (χ4v) is 9.84. The summed E-state index contributed by atoms with van der Waals surface area (Å²) in [4.78, 5) is 37.4. The van der Waals surface area contributed by atoms with Crippen molar-refractivity contribution in [2.45, 2.75) is 173 Å². The van der Waals surface area contributed by atoms with Gasteiger partial charge in [-0.3, -0.25) is 13.9 Å². The molecule has 0 aromatic heterocycles. The van der Waals surface area contributed by atoms with Crippen LogP contribution in [0.15, 0.2) is 11.5 Å². The Morgan fingerprint density at radius 1 is 0.551 bits per heavy atom. The van der Waals surface area contributed by atoms with Gasteiger partial charge in [0.15, 0.2) is 43.3 Å². The number of nitrogens with one attached hydrogen (secondary N) is 1. The van der Waals surface area contributed by atoms with Gasteiger partial charge >= 0.3 is 32.7 Å². The molecule has 0 radical (unpaired) electrons. The minimum atomic E-state index is -5.70. The van der Waals surface area contributed by atoms with E-state index < -0.39 is 242 Å². The van der Waals surface area contributed by atoms with Gasteiger partial charge < -0.3 is 139 Å². The third kappa shape index (κ3) is 14.2. The Labute approximate surface area is 436 Å². The Morgan fingerprint density at radius 2 is 1.04 bits per heavy atom. The summed E-state index contributed by atoms with van der Waals surface area (Å²) >= 11 is 0. The van der Waals surface area contributed by atoms with E-state index in [4.69, 9.17) is 52.1 Å². The number of aliphatic hydroxyl groups excluding tert-OH is 14. The molecular weight excluding hydrogens is 1130 g/mol. The Kier molecular flexibility index (Phi) is 21.1. The quantitative estimate of drug-likeness (QED) is 0.0503. The minimum Gasteiger partial charge on any atom is -0.506 e. The zero-order valence-electron chi connectivity index (χ0n) is 39.4. The number of hydrogen-bond donors (Lipinski definition) is 19. The summed E-state index contributed by atoms with van der Waals surface area (Å²) in [6, 6.07) is -2.24. The molecule has 5 fully saturated rings. The number of carbonyl (C=O) groups excluding carboxylic acids is 1. The Hall–Kier alpha value is -3.43. The van der Waals surface area contributed by atoms with E-state index in [1.807, 2.05) is 0 Å². The maximum Gasteiger partial charge on any atom is 0.397 e. The molecule has 0 bridgehead atoms. The van der Waals surface area contributed by atoms with Gasteiger partial charge in [-0.05, 0) is 0 Å². The van der Waals surface area contributed by atoms with E-state index in [2.05, 4.69) is 13.7 Å². The second kappa shape index (κ2) is 25.8. The lowest BCUT2D eigenvalue weighted by molar-refractivity contribution is -0.387. The number of aliphatic carboxylic acids is 2. The molecule has 6 heterocycles. The summed E-state index contributed by atoms with van der Waals surface area (Å²) in [6.07, 6.45) is -60.3. The number of aliphatic hydroxyl groups is 14. The average molecular weight is 1190 g/mol. The van der Waals surface area contributed by atoms with Crippen molar-refractivity contribution in [1.82, 2.24) is 5.32 Å². The van der Waals surface area contributed by atoms with E-state index in [0.717, 1.165) is 6.92 Å². The van der Waals surface area contributed by atoms with E-state index in [1.54, 1.807) is 0 Å². The molecule has 0 spiro atoms. The molecule has 0 aliphatic carbocycles. The molecule has 0 aromatic rings. The van der Waals surface area contributed by atoms with Crippen LogP contribution in [0.25, 0.3) is 0 Å². The maximum absolute atomic E-state index is 12.9. The van der Waals surface area contributed by atoms with Crippen molar-refractivity contribution in [3.05, 3.63) is 11.5 Å². The van der Waals surface area contributed by atoms with Gasteiger partial charge in [0.1, 0.15) is 122 Å². The Bertz CT molecular complexity index is 2330. The van der Waals surface area contributed by atoms with Gasteiger partial charge in [-0.15, -0.1) is 0 Å². The smallest absolute Gasteiger partial charge is 0.397 e. The summed E-state index contributed by atoms with van der Waals surface area (Å²) < 4.78 is 137. The zero-order chi connectivity index (χ0) is 58.2. The van der Waals surface area contributed by atoms with Crippen LogP contribution in [0.4, 0.5) is 0 Å². The second-order valence-electron chi connectivity index (χ2n) is 17.8. The number of ether oxygens (including phenoxy) is 11. The molecule has 78 heavy (non-hydrogen) atoms. The van der Waals surface area contributed by atoms with Gasteiger partial charge in [0.2, 0.25) is 18.0 Å². The zero-order valence-corrected chi connectivity index (χ0v) is 41.1. The molecule has 0 saturated carbocycles. The largest absolute Gasteiger partial charge is 0.506 e. The summed E-state index contributed by atoms with van der Waals surface area (Å²) in [5, 5.41) is 171. The predicted molar refractivity (Wildman–Crippen MR) is 227 cm³/mol. The molecule has 450 valence electrons. The van der Waals surface area contributed by atoms with Crippen molar-refractivity contribution in [2.24, 2.45) is 0 Å². The fraction of sp³-hybridized carbons (Fsp3) is 0.865. The molecule has 0 aromatic carbocycles. The van der Waals surface area contributed by atoms with Gasteiger partial charge in [-0.1, -0.05) is 0 Å². The van der Waals surface area contributed by atoms with E-state index in [1.165, 1.54) is 0 Å². The number of carbonyl (C=O) groups is 3. The van der Waals surface area contributed by atoms with Crippen LogP contribution in [-0.2, 0) is 95.7 Å². The summed E-state index contributed by atoms with van der Waals surface area (Å²) in [7, 11) is -11.4. The van der Waals surface area contributed by atoms with Crippen LogP contribution >= 0.6 is 0 Å². The van der Waals surface area contributed by atoms with E-state index >= 15 is 0 Å². The molecule has 6 aliphatic rings. The van der Waals surface area contributed by atoms with Gasteiger partial charge in [0, 0.05) is 6.92 Å². The molecular formula is C37H57NO38S2. The first kappa shape index (κ1) is 63.7. The summed E-state index contributed by atoms with van der Waals surface area (Å²) in [5.74, 6) is -8.29. The number of rotatable bonds is 20. The lowest BCUT2D eigenvalue weighted by Crippen LogP contribution is -2.70. The minimum absolute atomic E-state index is 0.640. The van der Waals surface area contributed by atoms with Crippen LogP contribution in [-0.4, -0.2) is 318 Å². The third-order valence-corrected chi connectivity index (χ3v) is 13.5. The first-order valence-electron chi connectivity index (χ1n) is 22.6. The van der Waals surface area contributed by atoms with Gasteiger partial charge in [0.05, 0.1) is 26.4 Å². The van der Waals surface area contributed by atoms with Crippen LogP contribution in [0.1, 0.15) is 6.92 Å². The van der Waals surface area contributed by atoms with Crippen molar-refractivity contribution in [1.29, 1.82) is 0 Å². The normalized spacial score (nSPS) is 44.8. The van der Waals surface area contributed by atoms with Crippen LogP contribution in [0.3, 0.4) is 0 Å². The summed E-state index contributed by atoms with van der Waals surface area (Å²) in [6.45, 7) is -3.69. The van der Waals surface area contributed by atoms with E-state index in [0.29, 0.717) is 0 Å². The van der Waals surface area contributed by atoms with Gasteiger partial charge in [-0.2, -0.15) is 16.8 Å². The van der Waals surface area contributed by atoms with Crippen LogP contribution < -0.4 is 5.32 Å². The Morgan fingerprint density at radius 3 is 1.58 bits per heavy atom. The van der Waals surface area contributed by atoms with Crippen molar-refractivity contribution in [3.63, 3.8) is 0 Å². The lowest BCUT2D eigenvalue weighted by Gasteiger charge is -2.50. The van der Waals surface area contributed by atoms with E-state index in [9.17, 15) is 122 Å². The standard InChI is InChI=1S/C37H57NO38S2/c1-6(42)38-11-24(69-34-18(49)14(45)15(46)28(73-34)30(53)54)22(75-77(58,59)60)8(3-40)66-33(11)71-26-16(47)19(50)35(74-29(26)31(55)56)72-27-21(52)37(67-9(4-41)23(27)76-78(61,62)63)70-25-13(44)7(2-39)65-36(20(25)51)68-10-5-64-32(57)17(48)12(10)43/h7-14,16-27,29,32-37,39-41,43-52,57H,2-5H2,1H3,(H,38,42)(H,53,54)(H,55,56)(H,58,59,60)(H,61,62,63)/t7-,8-,9-,10-,11-,12+,13+,14+,16-,17-,18-,19-,20-,21-,22+,23+,24-,25+,26+,27-,29+,32-,33+,34-,35-,36+,37+/m1/s1. The van der Waals surface area contributed by atoms with Gasteiger partial charge in [-0.25, -0.2) is 18.0 Å². The van der Waals surface area contributed by atoms with Crippen LogP contribution in [0.2, 0.25) is 0 Å². The van der Waals surface area contributed by atoms with Crippen molar-refractivity contribution < 1.29 is 183 Å². The van der Waals surface area contributed by atoms with E-state index in [-0.39, 0.29) is 0 Å². The highest BCUT2D eigenvalue weighted by Gasteiger charge is 2.60. The maximum atomic E-state index is 12.9. The molecule has 19 N–H and O–H groups in total. The van der Waals surface area contributed by atoms with Crippen molar-refractivity contribution in [3.8, 4) is 0 Å². The first-order chi connectivity index (χ1) is 36.3. The van der Waals surface area contributed by atoms with Crippen molar-refractivity contribution >= 4 is 38.6 Å². The van der Waals surface area contributed by atoms with Gasteiger partial charge in [0.25, 0.3) is 0 Å². The summed E-state index contributed by atoms with van der Waals surface area (Å²) in [5.41, 5.74) is 0. The number of amides is 1. The average Bonchev–Trinajstić information content (AvgIpc) is 3.37. The molecule has 6 aliphatic heterocycles. The molecule has 6 rings (SSSR count). The second-order valence-corrected chi connectivity index (χ2v) is 19.9. The Balaban J connectivity index is 1.29. The predicted octanol–water partition coefficient (Wildman–Crippen LogP) is -12.4. The third-order valence-electron chi connectivity index (χ3n) is 12.5. The molecule has 27 atom stereocenters. The number of carboxylic acid groups (broad SMARTS) is 2. The topological polar surface area (TPSA) is 616 Å². The highest BCUT2D eigenvalue weighted by Crippen LogP contribution is 2.38.